The summed E-state index contributed by atoms with van der Waals surface area (Å²) in [6, 6.07) is 11.8. The number of nitrogens with zero attached hydrogens (tertiary/aromatic N) is 1. The second kappa shape index (κ2) is 8.63. The van der Waals surface area contributed by atoms with Crippen molar-refractivity contribution in [2.24, 2.45) is 0 Å². The summed E-state index contributed by atoms with van der Waals surface area (Å²) in [4.78, 5) is 12.3. The molecule has 0 N–H and O–H groups in total. The molecule has 1 aliphatic heterocycles. The van der Waals surface area contributed by atoms with Gasteiger partial charge in [0.2, 0.25) is 15.6 Å². The Morgan fingerprint density at radius 3 is 2.39 bits per heavy atom. The number of hydrogen-bond donors (Lipinski definition) is 0. The number of unbranched alkanes of at least 4 members (excludes halogenated alkanes) is 1. The first kappa shape index (κ1) is 23.3. The highest BCUT2D eigenvalue weighted by molar-refractivity contribution is 7.89. The lowest BCUT2D eigenvalue weighted by atomic mass is 9.83. The van der Waals surface area contributed by atoms with E-state index < -0.39 is 40.7 Å². The van der Waals surface area contributed by atoms with Crippen molar-refractivity contribution in [2.45, 2.75) is 55.8 Å². The van der Waals surface area contributed by atoms with E-state index in [1.165, 1.54) is 24.3 Å². The first-order valence-electron chi connectivity index (χ1n) is 9.91. The molecule has 0 amide bonds. The number of esters is 1. The van der Waals surface area contributed by atoms with Gasteiger partial charge in [0.1, 0.15) is 0 Å². The van der Waals surface area contributed by atoms with Gasteiger partial charge in [0.15, 0.2) is 0 Å². The van der Waals surface area contributed by atoms with E-state index in [0.717, 1.165) is 31.9 Å². The summed E-state index contributed by atoms with van der Waals surface area (Å²) in [6.45, 7) is 1.45. The van der Waals surface area contributed by atoms with Gasteiger partial charge in [0.05, 0.1) is 12.0 Å². The van der Waals surface area contributed by atoms with Gasteiger partial charge in [-0.25, -0.2) is 13.2 Å². The minimum atomic E-state index is -5.19. The zero-order valence-corrected chi connectivity index (χ0v) is 18.1. The zero-order valence-electron chi connectivity index (χ0n) is 17.3. The molecular formula is C22H24F3NO4S. The van der Waals surface area contributed by atoms with E-state index >= 15 is 0 Å². The number of alkyl halides is 3. The summed E-state index contributed by atoms with van der Waals surface area (Å²) in [7, 11) is -3.84. The molecule has 0 saturated carbocycles. The fourth-order valence-electron chi connectivity index (χ4n) is 3.90. The second-order valence-electron chi connectivity index (χ2n) is 7.56. The summed E-state index contributed by atoms with van der Waals surface area (Å²) < 4.78 is 74.9. The molecule has 1 unspecified atom stereocenters. The Morgan fingerprint density at radius 1 is 1.13 bits per heavy atom. The first-order valence-corrected chi connectivity index (χ1v) is 11.4. The van der Waals surface area contributed by atoms with Crippen LogP contribution in [-0.2, 0) is 38.9 Å². The topological polar surface area (TPSA) is 63.7 Å². The van der Waals surface area contributed by atoms with Crippen molar-refractivity contribution in [3.8, 4) is 0 Å². The SMILES string of the molecule is CCCCc1ccc2c(c1)CN(S(=O)(=O)c1ccccc1)C(C(=O)OC)(C(F)(F)F)C2. The molecule has 0 aliphatic carbocycles. The number of methoxy groups -OCH3 is 1. The quantitative estimate of drug-likeness (QED) is 0.611. The van der Waals surface area contributed by atoms with Gasteiger partial charge >= 0.3 is 12.1 Å². The van der Waals surface area contributed by atoms with Crippen LogP contribution < -0.4 is 0 Å². The third-order valence-electron chi connectivity index (χ3n) is 5.60. The molecule has 0 saturated heterocycles. The number of rotatable bonds is 6. The smallest absolute Gasteiger partial charge is 0.418 e. The van der Waals surface area contributed by atoms with Crippen molar-refractivity contribution in [1.82, 2.24) is 4.31 Å². The molecule has 0 radical (unpaired) electrons. The molecule has 1 aliphatic rings. The lowest BCUT2D eigenvalue weighted by Crippen LogP contribution is -2.68. The van der Waals surface area contributed by atoms with Gasteiger partial charge in [-0.3, -0.25) is 0 Å². The molecule has 0 fully saturated rings. The van der Waals surface area contributed by atoms with Crippen molar-refractivity contribution < 1.29 is 31.1 Å². The lowest BCUT2D eigenvalue weighted by molar-refractivity contribution is -0.230. The van der Waals surface area contributed by atoms with Crippen LogP contribution >= 0.6 is 0 Å². The molecule has 1 atom stereocenters. The van der Waals surface area contributed by atoms with E-state index in [0.29, 0.717) is 5.56 Å². The van der Waals surface area contributed by atoms with E-state index in [4.69, 9.17) is 0 Å². The van der Waals surface area contributed by atoms with Gasteiger partial charge in [-0.05, 0) is 41.7 Å². The number of benzene rings is 2. The maximum absolute atomic E-state index is 14.5. The molecule has 0 spiro atoms. The molecule has 1 heterocycles. The number of ether oxygens (including phenoxy) is 1. The molecule has 3 rings (SSSR count). The summed E-state index contributed by atoms with van der Waals surface area (Å²) in [5, 5.41) is 0. The van der Waals surface area contributed by atoms with Gasteiger partial charge in [-0.15, -0.1) is 0 Å². The molecule has 0 aromatic heterocycles. The summed E-state index contributed by atoms with van der Waals surface area (Å²) in [5.41, 5.74) is -1.71. The summed E-state index contributed by atoms with van der Waals surface area (Å²) in [6.07, 6.45) is -3.46. The van der Waals surface area contributed by atoms with Crippen molar-refractivity contribution in [3.05, 3.63) is 65.2 Å². The van der Waals surface area contributed by atoms with Crippen molar-refractivity contribution in [3.63, 3.8) is 0 Å². The zero-order chi connectivity index (χ0) is 22.9. The van der Waals surface area contributed by atoms with Crippen LogP contribution in [0.25, 0.3) is 0 Å². The lowest BCUT2D eigenvalue weighted by Gasteiger charge is -2.45. The maximum atomic E-state index is 14.5. The summed E-state index contributed by atoms with van der Waals surface area (Å²) in [5.74, 6) is -1.65. The number of carbonyl (C=O) groups is 1. The minimum Gasteiger partial charge on any atom is -0.467 e. The van der Waals surface area contributed by atoms with E-state index in [-0.39, 0.29) is 14.8 Å². The Labute approximate surface area is 179 Å². The molecule has 2 aromatic carbocycles. The largest absolute Gasteiger partial charge is 0.467 e. The fourth-order valence-corrected chi connectivity index (χ4v) is 5.62. The van der Waals surface area contributed by atoms with Crippen molar-refractivity contribution >= 4 is 16.0 Å². The van der Waals surface area contributed by atoms with Crippen LogP contribution in [0, 0.1) is 0 Å². The Kier molecular flexibility index (Phi) is 6.48. The number of halogens is 3. The Balaban J connectivity index is 2.22. The van der Waals surface area contributed by atoms with Crippen LogP contribution in [-0.4, -0.2) is 37.5 Å². The standard InChI is InChI=1S/C22H24F3NO4S/c1-3-4-8-16-11-12-17-14-21(20(27)30-2,22(23,24)25)26(15-18(17)13-16)31(28,29)19-9-6-5-7-10-19/h5-7,9-13H,3-4,8,14-15H2,1-2H3. The average molecular weight is 455 g/mol. The molecule has 9 heteroatoms. The number of sulfonamides is 1. The summed E-state index contributed by atoms with van der Waals surface area (Å²) >= 11 is 0. The van der Waals surface area contributed by atoms with E-state index in [1.807, 2.05) is 6.92 Å². The average Bonchev–Trinajstić information content (AvgIpc) is 2.75. The number of fused-ring (bicyclic) bond motifs is 1. The minimum absolute atomic E-state index is 0.257. The molecule has 0 bridgehead atoms. The second-order valence-corrected chi connectivity index (χ2v) is 9.42. The predicted octanol–water partition coefficient (Wildman–Crippen LogP) is 4.25. The monoisotopic (exact) mass is 455 g/mol. The third kappa shape index (κ3) is 4.08. The highest BCUT2D eigenvalue weighted by Crippen LogP contribution is 2.46. The third-order valence-corrected chi connectivity index (χ3v) is 7.49. The molecule has 2 aromatic rings. The van der Waals surface area contributed by atoms with Gasteiger partial charge in [-0.2, -0.15) is 17.5 Å². The van der Waals surface area contributed by atoms with Gasteiger partial charge in [0, 0.05) is 13.0 Å². The molecular weight excluding hydrogens is 431 g/mol. The highest BCUT2D eigenvalue weighted by atomic mass is 32.2. The van der Waals surface area contributed by atoms with E-state index in [2.05, 4.69) is 4.74 Å². The van der Waals surface area contributed by atoms with Crippen molar-refractivity contribution in [1.29, 1.82) is 0 Å². The van der Waals surface area contributed by atoms with Gasteiger partial charge < -0.3 is 4.74 Å². The van der Waals surface area contributed by atoms with Gasteiger partial charge in [-0.1, -0.05) is 49.7 Å². The number of carbonyl (C=O) groups excluding carboxylic acids is 1. The van der Waals surface area contributed by atoms with Crippen LogP contribution in [0.3, 0.4) is 0 Å². The Morgan fingerprint density at radius 2 is 1.81 bits per heavy atom. The Bertz CT molecular complexity index is 1050. The number of hydrogen-bond acceptors (Lipinski definition) is 4. The maximum Gasteiger partial charge on any atom is 0.418 e. The number of aryl methyl sites for hydroxylation is 1. The molecule has 31 heavy (non-hydrogen) atoms. The normalized spacial score (nSPS) is 19.6. The van der Waals surface area contributed by atoms with E-state index in [9.17, 15) is 26.4 Å². The van der Waals surface area contributed by atoms with Crippen LogP contribution in [0.4, 0.5) is 13.2 Å². The first-order chi connectivity index (χ1) is 14.6. The molecule has 5 nitrogen and oxygen atoms in total. The molecule has 168 valence electrons. The van der Waals surface area contributed by atoms with Crippen LogP contribution in [0.5, 0.6) is 0 Å². The predicted molar refractivity (Wildman–Crippen MR) is 109 cm³/mol. The Hall–Kier alpha value is -2.39. The van der Waals surface area contributed by atoms with Gasteiger partial charge in [0.25, 0.3) is 0 Å². The highest BCUT2D eigenvalue weighted by Gasteiger charge is 2.69. The fraction of sp³-hybridized carbons (Fsp3) is 0.409. The van der Waals surface area contributed by atoms with E-state index in [1.54, 1.807) is 24.3 Å². The van der Waals surface area contributed by atoms with Crippen LogP contribution in [0.15, 0.2) is 53.4 Å². The van der Waals surface area contributed by atoms with Crippen LogP contribution in [0.2, 0.25) is 0 Å². The van der Waals surface area contributed by atoms with Crippen molar-refractivity contribution in [2.75, 3.05) is 7.11 Å². The van der Waals surface area contributed by atoms with Crippen LogP contribution in [0.1, 0.15) is 36.5 Å².